The first-order chi connectivity index (χ1) is 9.93. The van der Waals surface area contributed by atoms with Crippen LogP contribution >= 0.6 is 0 Å². The summed E-state index contributed by atoms with van der Waals surface area (Å²) in [5.41, 5.74) is 1.44. The van der Waals surface area contributed by atoms with Crippen LogP contribution in [0.3, 0.4) is 0 Å². The van der Waals surface area contributed by atoms with E-state index in [2.05, 4.69) is 0 Å². The first kappa shape index (κ1) is 15.6. The SMILES string of the molecule is CC(C)(O)C1=C(COc2cccc(O)c2C=O)CCCC1. The van der Waals surface area contributed by atoms with E-state index in [9.17, 15) is 15.0 Å². The molecule has 1 aromatic rings. The van der Waals surface area contributed by atoms with Gasteiger partial charge in [0.1, 0.15) is 18.1 Å². The van der Waals surface area contributed by atoms with Crippen molar-refractivity contribution in [3.63, 3.8) is 0 Å². The maximum atomic E-state index is 11.0. The molecule has 0 spiro atoms. The second-order valence-electron chi connectivity index (χ2n) is 5.94. The maximum absolute atomic E-state index is 11.0. The molecule has 0 saturated heterocycles. The largest absolute Gasteiger partial charge is 0.507 e. The van der Waals surface area contributed by atoms with Crippen LogP contribution in [0, 0.1) is 0 Å². The zero-order chi connectivity index (χ0) is 15.5. The molecule has 21 heavy (non-hydrogen) atoms. The van der Waals surface area contributed by atoms with E-state index in [0.717, 1.165) is 36.8 Å². The van der Waals surface area contributed by atoms with Crippen molar-refractivity contribution in [1.82, 2.24) is 0 Å². The number of aromatic hydroxyl groups is 1. The number of aliphatic hydroxyl groups is 1. The highest BCUT2D eigenvalue weighted by molar-refractivity contribution is 5.83. The van der Waals surface area contributed by atoms with Crippen molar-refractivity contribution in [1.29, 1.82) is 0 Å². The molecule has 0 fully saturated rings. The molecule has 0 radical (unpaired) electrons. The van der Waals surface area contributed by atoms with Crippen LogP contribution < -0.4 is 4.74 Å². The molecule has 4 nitrogen and oxygen atoms in total. The zero-order valence-corrected chi connectivity index (χ0v) is 12.6. The third kappa shape index (κ3) is 3.64. The van der Waals surface area contributed by atoms with Gasteiger partial charge in [0.15, 0.2) is 6.29 Å². The van der Waals surface area contributed by atoms with Gasteiger partial charge >= 0.3 is 0 Å². The monoisotopic (exact) mass is 290 g/mol. The summed E-state index contributed by atoms with van der Waals surface area (Å²) in [5, 5.41) is 19.9. The van der Waals surface area contributed by atoms with Crippen LogP contribution in [0.15, 0.2) is 29.3 Å². The number of benzene rings is 1. The molecule has 0 saturated carbocycles. The van der Waals surface area contributed by atoms with E-state index in [-0.39, 0.29) is 11.3 Å². The number of ether oxygens (including phenoxy) is 1. The highest BCUT2D eigenvalue weighted by Gasteiger charge is 2.25. The molecule has 114 valence electrons. The van der Waals surface area contributed by atoms with Gasteiger partial charge in [0.2, 0.25) is 0 Å². The predicted octanol–water partition coefficient (Wildman–Crippen LogP) is 3.23. The van der Waals surface area contributed by atoms with E-state index in [1.165, 1.54) is 6.07 Å². The third-order valence-electron chi connectivity index (χ3n) is 3.88. The Labute approximate surface area is 125 Å². The summed E-state index contributed by atoms with van der Waals surface area (Å²) in [6.45, 7) is 3.92. The molecular formula is C17H22O4. The number of phenolic OH excluding ortho intramolecular Hbond substituents is 1. The first-order valence-corrected chi connectivity index (χ1v) is 7.27. The number of phenols is 1. The van der Waals surface area contributed by atoms with Crippen LogP contribution in [0.1, 0.15) is 49.9 Å². The molecule has 4 heteroatoms. The van der Waals surface area contributed by atoms with Gasteiger partial charge in [-0.15, -0.1) is 0 Å². The summed E-state index contributed by atoms with van der Waals surface area (Å²) in [4.78, 5) is 11.0. The third-order valence-corrected chi connectivity index (χ3v) is 3.88. The second kappa shape index (κ2) is 6.31. The molecule has 1 aromatic carbocycles. The number of carbonyl (C=O) groups excluding carboxylic acids is 1. The van der Waals surface area contributed by atoms with Crippen LogP contribution in [-0.2, 0) is 0 Å². The van der Waals surface area contributed by atoms with Gasteiger partial charge in [0.25, 0.3) is 0 Å². The summed E-state index contributed by atoms with van der Waals surface area (Å²) in [5.74, 6) is 0.293. The van der Waals surface area contributed by atoms with Crippen LogP contribution in [0.5, 0.6) is 11.5 Å². The van der Waals surface area contributed by atoms with Gasteiger partial charge in [0.05, 0.1) is 11.2 Å². The first-order valence-electron chi connectivity index (χ1n) is 7.27. The molecule has 1 aliphatic rings. The molecule has 1 aliphatic carbocycles. The molecule has 0 aliphatic heterocycles. The molecule has 0 aromatic heterocycles. The molecule has 0 bridgehead atoms. The minimum atomic E-state index is -0.842. The lowest BCUT2D eigenvalue weighted by Gasteiger charge is -2.29. The zero-order valence-electron chi connectivity index (χ0n) is 12.6. The number of hydrogen-bond donors (Lipinski definition) is 2. The Morgan fingerprint density at radius 3 is 2.67 bits per heavy atom. The summed E-state index contributed by atoms with van der Waals surface area (Å²) < 4.78 is 5.71. The Morgan fingerprint density at radius 2 is 2.00 bits per heavy atom. The van der Waals surface area contributed by atoms with Crippen LogP contribution in [-0.4, -0.2) is 28.7 Å². The topological polar surface area (TPSA) is 66.8 Å². The van der Waals surface area contributed by atoms with E-state index in [4.69, 9.17) is 4.74 Å². The van der Waals surface area contributed by atoms with Gasteiger partial charge in [-0.2, -0.15) is 0 Å². The lowest BCUT2D eigenvalue weighted by molar-refractivity contribution is 0.109. The molecule has 0 heterocycles. The Kier molecular flexibility index (Phi) is 4.68. The van der Waals surface area contributed by atoms with Crippen molar-refractivity contribution in [2.75, 3.05) is 6.61 Å². The smallest absolute Gasteiger partial charge is 0.157 e. The maximum Gasteiger partial charge on any atom is 0.157 e. The van der Waals surface area contributed by atoms with Gasteiger partial charge in [-0.05, 0) is 62.8 Å². The lowest BCUT2D eigenvalue weighted by Crippen LogP contribution is -2.27. The quantitative estimate of drug-likeness (QED) is 0.645. The number of hydrogen-bond acceptors (Lipinski definition) is 4. The highest BCUT2D eigenvalue weighted by Crippen LogP contribution is 2.33. The fourth-order valence-corrected chi connectivity index (χ4v) is 2.81. The molecule has 2 rings (SSSR count). The minimum absolute atomic E-state index is 0.0807. The van der Waals surface area contributed by atoms with Crippen molar-refractivity contribution in [3.8, 4) is 11.5 Å². The molecule has 0 amide bonds. The average Bonchev–Trinajstić information content (AvgIpc) is 2.44. The van der Waals surface area contributed by atoms with E-state index < -0.39 is 5.60 Å². The molecular weight excluding hydrogens is 268 g/mol. The van der Waals surface area contributed by atoms with Crippen LogP contribution in [0.4, 0.5) is 0 Å². The summed E-state index contributed by atoms with van der Waals surface area (Å²) in [6.07, 6.45) is 4.53. The van der Waals surface area contributed by atoms with Crippen molar-refractivity contribution in [2.24, 2.45) is 0 Å². The molecule has 0 unspecified atom stereocenters. The Hall–Kier alpha value is -1.81. The fourth-order valence-electron chi connectivity index (χ4n) is 2.81. The van der Waals surface area contributed by atoms with E-state index >= 15 is 0 Å². The van der Waals surface area contributed by atoms with Crippen molar-refractivity contribution < 1.29 is 19.7 Å². The van der Waals surface area contributed by atoms with Crippen molar-refractivity contribution in [3.05, 3.63) is 34.9 Å². The van der Waals surface area contributed by atoms with Gasteiger partial charge < -0.3 is 14.9 Å². The Bertz CT molecular complexity index is 552. The predicted molar refractivity (Wildman–Crippen MR) is 80.8 cm³/mol. The van der Waals surface area contributed by atoms with Crippen LogP contribution in [0.2, 0.25) is 0 Å². The number of rotatable bonds is 5. The Morgan fingerprint density at radius 1 is 1.29 bits per heavy atom. The number of aldehydes is 1. The lowest BCUT2D eigenvalue weighted by atomic mass is 9.83. The van der Waals surface area contributed by atoms with Crippen molar-refractivity contribution >= 4 is 6.29 Å². The average molecular weight is 290 g/mol. The van der Waals surface area contributed by atoms with Crippen molar-refractivity contribution in [2.45, 2.75) is 45.1 Å². The van der Waals surface area contributed by atoms with E-state index in [0.29, 0.717) is 18.6 Å². The minimum Gasteiger partial charge on any atom is -0.507 e. The standard InChI is InChI=1S/C17H22O4/c1-17(2,20)14-7-4-3-6-12(14)11-21-16-9-5-8-15(19)13(16)10-18/h5,8-10,19-20H,3-4,6-7,11H2,1-2H3. The second-order valence-corrected chi connectivity index (χ2v) is 5.94. The molecule has 0 atom stereocenters. The van der Waals surface area contributed by atoms with Gasteiger partial charge in [-0.1, -0.05) is 6.07 Å². The number of carbonyl (C=O) groups is 1. The summed E-state index contributed by atoms with van der Waals surface area (Å²) in [6, 6.07) is 4.76. The van der Waals surface area contributed by atoms with Gasteiger partial charge in [-0.25, -0.2) is 0 Å². The van der Waals surface area contributed by atoms with Gasteiger partial charge in [0, 0.05) is 0 Å². The van der Waals surface area contributed by atoms with E-state index in [1.807, 2.05) is 0 Å². The van der Waals surface area contributed by atoms with E-state index in [1.54, 1.807) is 26.0 Å². The van der Waals surface area contributed by atoms with Gasteiger partial charge in [-0.3, -0.25) is 4.79 Å². The fraction of sp³-hybridized carbons (Fsp3) is 0.471. The normalized spacial score (nSPS) is 16.0. The summed E-state index contributed by atoms with van der Waals surface area (Å²) >= 11 is 0. The van der Waals surface area contributed by atoms with Crippen LogP contribution in [0.25, 0.3) is 0 Å². The molecule has 2 N–H and O–H groups in total. The Balaban J connectivity index is 2.20. The summed E-state index contributed by atoms with van der Waals surface area (Å²) in [7, 11) is 0. The highest BCUT2D eigenvalue weighted by atomic mass is 16.5.